The lowest BCUT2D eigenvalue weighted by Gasteiger charge is -2.30. The molecule has 19 heavy (non-hydrogen) atoms. The van der Waals surface area contributed by atoms with E-state index in [2.05, 4.69) is 20.8 Å². The molecule has 1 saturated carbocycles. The van der Waals surface area contributed by atoms with Crippen LogP contribution in [0.2, 0.25) is 0 Å². The second kappa shape index (κ2) is 7.64. The van der Waals surface area contributed by atoms with E-state index in [1.54, 1.807) is 0 Å². The molecule has 2 nitrogen and oxygen atoms in total. The van der Waals surface area contributed by atoms with Gasteiger partial charge in [-0.25, -0.2) is 0 Å². The van der Waals surface area contributed by atoms with Crippen molar-refractivity contribution in [1.29, 1.82) is 0 Å². The zero-order valence-electron chi connectivity index (χ0n) is 13.5. The molecule has 0 saturated heterocycles. The molecule has 0 spiro atoms. The molecule has 4 N–H and O–H groups in total. The van der Waals surface area contributed by atoms with Crippen LogP contribution in [0.25, 0.3) is 0 Å². The standard InChI is InChI=1S/C17H36N2/c1-16(2)11-7-5-4-6-9-15(18)10-14-17(3,19)13-8-12-16/h15H,4-14,18-19H2,1-3H3. The van der Waals surface area contributed by atoms with Crippen LogP contribution in [0, 0.1) is 5.41 Å². The first kappa shape index (κ1) is 17.0. The Hall–Kier alpha value is -0.0800. The zero-order valence-corrected chi connectivity index (χ0v) is 13.5. The summed E-state index contributed by atoms with van der Waals surface area (Å²) >= 11 is 0. The van der Waals surface area contributed by atoms with E-state index in [-0.39, 0.29) is 5.54 Å². The molecule has 2 atom stereocenters. The predicted octanol–water partition coefficient (Wildman–Crippen LogP) is 4.36. The van der Waals surface area contributed by atoms with E-state index >= 15 is 0 Å². The first-order valence-corrected chi connectivity index (χ1v) is 8.35. The summed E-state index contributed by atoms with van der Waals surface area (Å²) in [6.45, 7) is 7.05. The van der Waals surface area contributed by atoms with Gasteiger partial charge in [0.05, 0.1) is 0 Å². The SMILES string of the molecule is CC1(C)CCCCCCC(N)CCC(C)(N)CCC1. The van der Waals surface area contributed by atoms with Crippen molar-refractivity contribution in [2.45, 2.75) is 103 Å². The summed E-state index contributed by atoms with van der Waals surface area (Å²) in [5.41, 5.74) is 13.1. The highest BCUT2D eigenvalue weighted by Crippen LogP contribution is 2.32. The first-order chi connectivity index (χ1) is 8.81. The van der Waals surface area contributed by atoms with Crippen LogP contribution >= 0.6 is 0 Å². The van der Waals surface area contributed by atoms with Gasteiger partial charge < -0.3 is 11.5 Å². The second-order valence-corrected chi connectivity index (χ2v) is 7.92. The van der Waals surface area contributed by atoms with Gasteiger partial charge in [0.25, 0.3) is 0 Å². The molecule has 0 aliphatic heterocycles. The van der Waals surface area contributed by atoms with Crippen LogP contribution in [-0.4, -0.2) is 11.6 Å². The van der Waals surface area contributed by atoms with E-state index < -0.39 is 0 Å². The van der Waals surface area contributed by atoms with Gasteiger partial charge in [-0.1, -0.05) is 46.0 Å². The third-order valence-electron chi connectivity index (χ3n) is 4.87. The smallest absolute Gasteiger partial charge is 0.0126 e. The summed E-state index contributed by atoms with van der Waals surface area (Å²) in [5, 5.41) is 0. The Morgan fingerprint density at radius 3 is 2.11 bits per heavy atom. The maximum atomic E-state index is 6.42. The summed E-state index contributed by atoms with van der Waals surface area (Å²) in [7, 11) is 0. The fourth-order valence-electron chi connectivity index (χ4n) is 3.24. The van der Waals surface area contributed by atoms with Crippen LogP contribution in [-0.2, 0) is 0 Å². The lowest BCUT2D eigenvalue weighted by atomic mass is 9.79. The summed E-state index contributed by atoms with van der Waals surface area (Å²) in [6.07, 6.45) is 13.8. The molecule has 0 amide bonds. The normalized spacial score (nSPS) is 35.5. The third kappa shape index (κ3) is 7.94. The van der Waals surface area contributed by atoms with Crippen molar-refractivity contribution in [2.75, 3.05) is 0 Å². The Kier molecular flexibility index (Phi) is 6.82. The Labute approximate surface area is 120 Å². The van der Waals surface area contributed by atoms with Gasteiger partial charge in [0, 0.05) is 11.6 Å². The highest BCUT2D eigenvalue weighted by atomic mass is 14.7. The second-order valence-electron chi connectivity index (χ2n) is 7.92. The maximum Gasteiger partial charge on any atom is 0.0126 e. The molecule has 2 heteroatoms. The fourth-order valence-corrected chi connectivity index (χ4v) is 3.24. The van der Waals surface area contributed by atoms with Gasteiger partial charge in [-0.15, -0.1) is 0 Å². The summed E-state index contributed by atoms with van der Waals surface area (Å²) in [6, 6.07) is 0.363. The van der Waals surface area contributed by atoms with E-state index in [0.29, 0.717) is 11.5 Å². The molecule has 1 fully saturated rings. The van der Waals surface area contributed by atoms with E-state index in [0.717, 1.165) is 19.3 Å². The predicted molar refractivity (Wildman–Crippen MR) is 85.1 cm³/mol. The summed E-state index contributed by atoms with van der Waals surface area (Å²) < 4.78 is 0. The van der Waals surface area contributed by atoms with E-state index in [1.165, 1.54) is 51.4 Å². The average Bonchev–Trinajstić information content (AvgIpc) is 2.29. The lowest BCUT2D eigenvalue weighted by molar-refractivity contribution is 0.259. The molecule has 0 aromatic rings. The molecule has 0 bridgehead atoms. The molecule has 0 aromatic heterocycles. The van der Waals surface area contributed by atoms with Gasteiger partial charge in [-0.05, 0) is 50.9 Å². The molecule has 1 aliphatic carbocycles. The number of rotatable bonds is 0. The van der Waals surface area contributed by atoms with E-state index in [1.807, 2.05) is 0 Å². The third-order valence-corrected chi connectivity index (χ3v) is 4.87. The van der Waals surface area contributed by atoms with Crippen molar-refractivity contribution in [3.05, 3.63) is 0 Å². The number of hydrogen-bond acceptors (Lipinski definition) is 2. The molecule has 114 valence electrons. The minimum Gasteiger partial charge on any atom is -0.328 e. The van der Waals surface area contributed by atoms with Crippen LogP contribution in [0.3, 0.4) is 0 Å². The molecule has 0 heterocycles. The van der Waals surface area contributed by atoms with E-state index in [4.69, 9.17) is 11.5 Å². The summed E-state index contributed by atoms with van der Waals surface area (Å²) in [4.78, 5) is 0. The lowest BCUT2D eigenvalue weighted by Crippen LogP contribution is -2.38. The zero-order chi connectivity index (χ0) is 14.4. The van der Waals surface area contributed by atoms with Crippen molar-refractivity contribution < 1.29 is 0 Å². The van der Waals surface area contributed by atoms with Gasteiger partial charge in [0.1, 0.15) is 0 Å². The molecule has 1 aliphatic rings. The minimum atomic E-state index is -0.0161. The molecule has 0 aromatic carbocycles. The average molecular weight is 268 g/mol. The van der Waals surface area contributed by atoms with E-state index in [9.17, 15) is 0 Å². The maximum absolute atomic E-state index is 6.42. The Bertz CT molecular complexity index is 246. The van der Waals surface area contributed by atoms with Gasteiger partial charge >= 0.3 is 0 Å². The van der Waals surface area contributed by atoms with Crippen molar-refractivity contribution in [1.82, 2.24) is 0 Å². The molecular formula is C17H36N2. The van der Waals surface area contributed by atoms with Gasteiger partial charge in [-0.2, -0.15) is 0 Å². The van der Waals surface area contributed by atoms with Crippen molar-refractivity contribution in [3.63, 3.8) is 0 Å². The van der Waals surface area contributed by atoms with Crippen molar-refractivity contribution in [3.8, 4) is 0 Å². The van der Waals surface area contributed by atoms with Crippen LogP contribution in [0.1, 0.15) is 91.4 Å². The molecular weight excluding hydrogens is 232 g/mol. The summed E-state index contributed by atoms with van der Waals surface area (Å²) in [5.74, 6) is 0. The Morgan fingerprint density at radius 2 is 1.37 bits per heavy atom. The fraction of sp³-hybridized carbons (Fsp3) is 1.00. The minimum absolute atomic E-state index is 0.0161. The largest absolute Gasteiger partial charge is 0.328 e. The van der Waals surface area contributed by atoms with Crippen LogP contribution in [0.15, 0.2) is 0 Å². The van der Waals surface area contributed by atoms with Gasteiger partial charge in [0.2, 0.25) is 0 Å². The van der Waals surface area contributed by atoms with Crippen molar-refractivity contribution >= 4 is 0 Å². The Morgan fingerprint density at radius 1 is 0.737 bits per heavy atom. The number of nitrogens with two attached hydrogens (primary N) is 2. The van der Waals surface area contributed by atoms with Gasteiger partial charge in [0.15, 0.2) is 0 Å². The monoisotopic (exact) mass is 268 g/mol. The van der Waals surface area contributed by atoms with Crippen LogP contribution < -0.4 is 11.5 Å². The van der Waals surface area contributed by atoms with Crippen LogP contribution in [0.5, 0.6) is 0 Å². The highest BCUT2D eigenvalue weighted by molar-refractivity contribution is 4.82. The molecule has 2 unspecified atom stereocenters. The van der Waals surface area contributed by atoms with Crippen LogP contribution in [0.4, 0.5) is 0 Å². The highest BCUT2D eigenvalue weighted by Gasteiger charge is 2.23. The quantitative estimate of drug-likeness (QED) is 0.685. The topological polar surface area (TPSA) is 52.0 Å². The molecule has 1 rings (SSSR count). The van der Waals surface area contributed by atoms with Gasteiger partial charge in [-0.3, -0.25) is 0 Å². The number of hydrogen-bond donors (Lipinski definition) is 2. The molecule has 0 radical (unpaired) electrons. The Balaban J connectivity index is 2.49. The van der Waals surface area contributed by atoms with Crippen molar-refractivity contribution in [2.24, 2.45) is 16.9 Å². The first-order valence-electron chi connectivity index (χ1n) is 8.35.